The zero-order valence-electron chi connectivity index (χ0n) is 9.68. The average Bonchev–Trinajstić information content (AvgIpc) is 2.30. The standard InChI is InChI=1S/C12H14N2O3/c1-10-6-5-7-11(14(15)16)12(10)17-9-4-2-3-8-13/h5-7H,2-4,9H2,1H3. The second-order valence-electron chi connectivity index (χ2n) is 3.64. The van der Waals surface area contributed by atoms with E-state index in [4.69, 9.17) is 10.00 Å². The molecule has 0 atom stereocenters. The number of hydrogen-bond donors (Lipinski definition) is 0. The van der Waals surface area contributed by atoms with Gasteiger partial charge < -0.3 is 4.74 Å². The third-order valence-electron chi connectivity index (χ3n) is 2.32. The summed E-state index contributed by atoms with van der Waals surface area (Å²) in [5.41, 5.74) is 0.741. The summed E-state index contributed by atoms with van der Waals surface area (Å²) in [6.07, 6.45) is 1.95. The highest BCUT2D eigenvalue weighted by Crippen LogP contribution is 2.30. The normalized spacial score (nSPS) is 9.65. The maximum Gasteiger partial charge on any atom is 0.311 e. The van der Waals surface area contributed by atoms with E-state index in [0.29, 0.717) is 18.8 Å². The number of rotatable bonds is 6. The molecule has 0 amide bonds. The van der Waals surface area contributed by atoms with Crippen molar-refractivity contribution in [3.8, 4) is 11.8 Å². The Morgan fingerprint density at radius 3 is 2.88 bits per heavy atom. The van der Waals surface area contributed by atoms with Gasteiger partial charge in [0.2, 0.25) is 0 Å². The first-order valence-electron chi connectivity index (χ1n) is 5.40. The molecule has 0 aliphatic rings. The largest absolute Gasteiger partial charge is 0.487 e. The van der Waals surface area contributed by atoms with Crippen molar-refractivity contribution in [2.24, 2.45) is 0 Å². The molecule has 1 aromatic rings. The number of unbranched alkanes of at least 4 members (excludes halogenated alkanes) is 2. The van der Waals surface area contributed by atoms with Gasteiger partial charge in [0.25, 0.3) is 0 Å². The van der Waals surface area contributed by atoms with Crippen molar-refractivity contribution in [3.05, 3.63) is 33.9 Å². The van der Waals surface area contributed by atoms with E-state index >= 15 is 0 Å². The van der Waals surface area contributed by atoms with Gasteiger partial charge in [-0.2, -0.15) is 5.26 Å². The Morgan fingerprint density at radius 1 is 1.47 bits per heavy atom. The summed E-state index contributed by atoms with van der Waals surface area (Å²) in [5, 5.41) is 19.2. The van der Waals surface area contributed by atoms with E-state index in [0.717, 1.165) is 18.4 Å². The van der Waals surface area contributed by atoms with Gasteiger partial charge in [0.05, 0.1) is 17.6 Å². The van der Waals surface area contributed by atoms with Gasteiger partial charge in [-0.15, -0.1) is 0 Å². The average molecular weight is 234 g/mol. The summed E-state index contributed by atoms with van der Waals surface area (Å²) in [7, 11) is 0. The van der Waals surface area contributed by atoms with Crippen LogP contribution in [0.5, 0.6) is 5.75 Å². The van der Waals surface area contributed by atoms with Gasteiger partial charge in [0, 0.05) is 12.5 Å². The predicted molar refractivity (Wildman–Crippen MR) is 62.8 cm³/mol. The summed E-state index contributed by atoms with van der Waals surface area (Å²) < 4.78 is 5.42. The third kappa shape index (κ3) is 3.76. The number of nitriles is 1. The lowest BCUT2D eigenvalue weighted by atomic mass is 10.2. The van der Waals surface area contributed by atoms with Crippen LogP contribution in [0.25, 0.3) is 0 Å². The Hall–Kier alpha value is -2.09. The molecule has 0 saturated carbocycles. The van der Waals surface area contributed by atoms with E-state index in [1.807, 2.05) is 6.07 Å². The van der Waals surface area contributed by atoms with Crippen LogP contribution in [0.2, 0.25) is 0 Å². The second-order valence-corrected chi connectivity index (χ2v) is 3.64. The molecule has 0 radical (unpaired) electrons. The minimum absolute atomic E-state index is 0.00900. The van der Waals surface area contributed by atoms with Crippen molar-refractivity contribution in [1.29, 1.82) is 5.26 Å². The molecule has 0 aliphatic carbocycles. The van der Waals surface area contributed by atoms with Crippen LogP contribution in [-0.2, 0) is 0 Å². The van der Waals surface area contributed by atoms with Crippen LogP contribution in [0.3, 0.4) is 0 Å². The molecule has 5 nitrogen and oxygen atoms in total. The molecule has 0 fully saturated rings. The number of ether oxygens (including phenoxy) is 1. The molecule has 0 aliphatic heterocycles. The summed E-state index contributed by atoms with van der Waals surface area (Å²) >= 11 is 0. The molecule has 0 bridgehead atoms. The van der Waals surface area contributed by atoms with Crippen LogP contribution in [0, 0.1) is 28.4 Å². The van der Waals surface area contributed by atoms with Gasteiger partial charge in [-0.1, -0.05) is 12.1 Å². The lowest BCUT2D eigenvalue weighted by molar-refractivity contribution is -0.385. The van der Waals surface area contributed by atoms with E-state index in [1.165, 1.54) is 6.07 Å². The highest BCUT2D eigenvalue weighted by molar-refractivity contribution is 5.51. The fourth-order valence-corrected chi connectivity index (χ4v) is 1.45. The van der Waals surface area contributed by atoms with Crippen LogP contribution in [-0.4, -0.2) is 11.5 Å². The smallest absolute Gasteiger partial charge is 0.311 e. The Labute approximate surface area is 99.8 Å². The maximum absolute atomic E-state index is 10.8. The van der Waals surface area contributed by atoms with Crippen LogP contribution < -0.4 is 4.74 Å². The minimum atomic E-state index is -0.447. The van der Waals surface area contributed by atoms with Crippen LogP contribution in [0.4, 0.5) is 5.69 Å². The predicted octanol–water partition coefficient (Wildman–Crippen LogP) is 2.98. The number of nitrogens with zero attached hydrogens (tertiary/aromatic N) is 2. The summed E-state index contributed by atoms with van der Waals surface area (Å²) in [5.74, 6) is 0.328. The Balaban J connectivity index is 2.63. The van der Waals surface area contributed by atoms with Gasteiger partial charge in [-0.3, -0.25) is 10.1 Å². The topological polar surface area (TPSA) is 76.2 Å². The number of nitro groups is 1. The van der Waals surface area contributed by atoms with Crippen molar-refractivity contribution in [2.45, 2.75) is 26.2 Å². The Morgan fingerprint density at radius 2 is 2.24 bits per heavy atom. The molecule has 1 rings (SSSR count). The number of benzene rings is 1. The molecule has 0 aromatic heterocycles. The zero-order chi connectivity index (χ0) is 12.7. The molecule has 0 spiro atoms. The molecule has 0 heterocycles. The zero-order valence-corrected chi connectivity index (χ0v) is 9.68. The fourth-order valence-electron chi connectivity index (χ4n) is 1.45. The third-order valence-corrected chi connectivity index (χ3v) is 2.32. The first kappa shape index (κ1) is 13.0. The molecule has 17 heavy (non-hydrogen) atoms. The lowest BCUT2D eigenvalue weighted by Gasteiger charge is -2.08. The number of para-hydroxylation sites is 1. The monoisotopic (exact) mass is 234 g/mol. The summed E-state index contributed by atoms with van der Waals surface area (Å²) in [6.45, 7) is 2.17. The fraction of sp³-hybridized carbons (Fsp3) is 0.417. The number of aryl methyl sites for hydroxylation is 1. The maximum atomic E-state index is 10.8. The molecular weight excluding hydrogens is 220 g/mol. The van der Waals surface area contributed by atoms with E-state index < -0.39 is 4.92 Å². The van der Waals surface area contributed by atoms with Gasteiger partial charge in [0.15, 0.2) is 5.75 Å². The van der Waals surface area contributed by atoms with E-state index in [2.05, 4.69) is 0 Å². The van der Waals surface area contributed by atoms with Crippen LogP contribution >= 0.6 is 0 Å². The van der Waals surface area contributed by atoms with Gasteiger partial charge in [-0.05, 0) is 25.3 Å². The van der Waals surface area contributed by atoms with Gasteiger partial charge in [-0.25, -0.2) is 0 Å². The first-order valence-corrected chi connectivity index (χ1v) is 5.40. The van der Waals surface area contributed by atoms with Crippen molar-refractivity contribution >= 4 is 5.69 Å². The summed E-state index contributed by atoms with van der Waals surface area (Å²) in [4.78, 5) is 10.3. The SMILES string of the molecule is Cc1cccc([N+](=O)[O-])c1OCCCCC#N. The quantitative estimate of drug-likeness (QED) is 0.430. The highest BCUT2D eigenvalue weighted by Gasteiger charge is 2.16. The molecule has 90 valence electrons. The van der Waals surface area contributed by atoms with Crippen molar-refractivity contribution in [3.63, 3.8) is 0 Å². The summed E-state index contributed by atoms with van der Waals surface area (Å²) in [6, 6.07) is 6.88. The van der Waals surface area contributed by atoms with Crippen molar-refractivity contribution in [2.75, 3.05) is 6.61 Å². The van der Waals surface area contributed by atoms with E-state index in [-0.39, 0.29) is 5.69 Å². The lowest BCUT2D eigenvalue weighted by Crippen LogP contribution is -2.02. The van der Waals surface area contributed by atoms with E-state index in [1.54, 1.807) is 19.1 Å². The molecule has 1 aromatic carbocycles. The van der Waals surface area contributed by atoms with Crippen LogP contribution in [0.1, 0.15) is 24.8 Å². The molecule has 0 unspecified atom stereocenters. The van der Waals surface area contributed by atoms with Crippen LogP contribution in [0.15, 0.2) is 18.2 Å². The minimum Gasteiger partial charge on any atom is -0.487 e. The van der Waals surface area contributed by atoms with Gasteiger partial charge >= 0.3 is 5.69 Å². The van der Waals surface area contributed by atoms with Crippen molar-refractivity contribution < 1.29 is 9.66 Å². The van der Waals surface area contributed by atoms with Gasteiger partial charge in [0.1, 0.15) is 0 Å². The van der Waals surface area contributed by atoms with Crippen molar-refractivity contribution in [1.82, 2.24) is 0 Å². The molecular formula is C12H14N2O3. The molecule has 5 heteroatoms. The first-order chi connectivity index (χ1) is 8.16. The second kappa shape index (κ2) is 6.48. The van der Waals surface area contributed by atoms with E-state index in [9.17, 15) is 10.1 Å². The Bertz CT molecular complexity index is 438. The number of nitro benzene ring substituents is 1. The Kier molecular flexibility index (Phi) is 4.95. The molecule has 0 saturated heterocycles. The highest BCUT2D eigenvalue weighted by atomic mass is 16.6. The number of hydrogen-bond acceptors (Lipinski definition) is 4. The molecule has 0 N–H and O–H groups in total.